The average Bonchev–Trinajstić information content (AvgIpc) is 2.85. The molecule has 0 bridgehead atoms. The van der Waals surface area contributed by atoms with E-state index in [2.05, 4.69) is 10.6 Å². The number of carbonyl (C=O) groups excluding carboxylic acids is 4. The van der Waals surface area contributed by atoms with Gasteiger partial charge in [0, 0.05) is 18.7 Å². The first-order valence-corrected chi connectivity index (χ1v) is 13.8. The zero-order valence-corrected chi connectivity index (χ0v) is 24.8. The fraction of sp³-hybridized carbons (Fsp3) is 0.484. The number of ether oxygens (including phenoxy) is 1. The highest BCUT2D eigenvalue weighted by Gasteiger charge is 2.37. The summed E-state index contributed by atoms with van der Waals surface area (Å²) in [5.74, 6) is -1.47. The number of aryl methyl sites for hydroxylation is 3. The Morgan fingerprint density at radius 1 is 1.00 bits per heavy atom. The first-order chi connectivity index (χ1) is 18.7. The Bertz CT molecular complexity index is 1200. The van der Waals surface area contributed by atoms with E-state index in [1.54, 1.807) is 20.8 Å². The SMILES string of the molecule is CCCCN(C(=O)C(CCC(N)=O)NC(=O)OC(C)(C)C)C(C(=O)Nc1ccccc1C)c1cc(C)ccc1C. The second-order valence-electron chi connectivity index (χ2n) is 11.2. The maximum absolute atomic E-state index is 14.2. The third-order valence-corrected chi connectivity index (χ3v) is 6.40. The van der Waals surface area contributed by atoms with Crippen LogP contribution in [-0.2, 0) is 19.1 Å². The number of nitrogens with zero attached hydrogens (tertiary/aromatic N) is 1. The molecule has 4 amide bonds. The third-order valence-electron chi connectivity index (χ3n) is 6.40. The molecule has 0 saturated carbocycles. The van der Waals surface area contributed by atoms with Crippen LogP contribution >= 0.6 is 0 Å². The van der Waals surface area contributed by atoms with Crippen molar-refractivity contribution in [2.75, 3.05) is 11.9 Å². The first-order valence-electron chi connectivity index (χ1n) is 13.8. The highest BCUT2D eigenvalue weighted by molar-refractivity contribution is 5.99. The molecule has 0 heterocycles. The van der Waals surface area contributed by atoms with E-state index >= 15 is 0 Å². The lowest BCUT2D eigenvalue weighted by atomic mass is 9.95. The molecule has 0 aromatic heterocycles. The second-order valence-corrected chi connectivity index (χ2v) is 11.2. The number of primary amides is 1. The largest absolute Gasteiger partial charge is 0.444 e. The van der Waals surface area contributed by atoms with E-state index in [9.17, 15) is 19.2 Å². The highest BCUT2D eigenvalue weighted by atomic mass is 16.6. The molecule has 40 heavy (non-hydrogen) atoms. The summed E-state index contributed by atoms with van der Waals surface area (Å²) in [6, 6.07) is 11.1. The van der Waals surface area contributed by atoms with Crippen LogP contribution in [-0.4, -0.2) is 46.9 Å². The predicted octanol–water partition coefficient (Wildman–Crippen LogP) is 5.08. The maximum Gasteiger partial charge on any atom is 0.408 e. The molecule has 2 aromatic carbocycles. The number of para-hydroxylation sites is 1. The van der Waals surface area contributed by atoms with E-state index in [1.165, 1.54) is 4.90 Å². The molecule has 0 aliphatic carbocycles. The maximum atomic E-state index is 14.2. The zero-order valence-electron chi connectivity index (χ0n) is 24.8. The minimum Gasteiger partial charge on any atom is -0.444 e. The van der Waals surface area contributed by atoms with Crippen molar-refractivity contribution >= 4 is 29.5 Å². The quantitative estimate of drug-likeness (QED) is 0.338. The standard InChI is InChI=1S/C31H44N4O5/c1-8-9-18-35(29(38)25(16-17-26(32)36)34-30(39)40-31(5,6)7)27(23-19-20(2)14-15-21(23)3)28(37)33-24-13-11-10-12-22(24)4/h10-15,19,25,27H,8-9,16-18H2,1-7H3,(H2,32,36)(H,33,37)(H,34,39). The Kier molecular flexibility index (Phi) is 11.7. The van der Waals surface area contributed by atoms with Crippen LogP contribution in [0.2, 0.25) is 0 Å². The van der Waals surface area contributed by atoms with Gasteiger partial charge in [-0.2, -0.15) is 0 Å². The van der Waals surface area contributed by atoms with Crippen LogP contribution in [0.3, 0.4) is 0 Å². The van der Waals surface area contributed by atoms with E-state index in [-0.39, 0.29) is 25.3 Å². The van der Waals surface area contributed by atoms with Gasteiger partial charge in [-0.3, -0.25) is 14.4 Å². The summed E-state index contributed by atoms with van der Waals surface area (Å²) in [6.07, 6.45) is 0.443. The van der Waals surface area contributed by atoms with Gasteiger partial charge < -0.3 is 26.0 Å². The van der Waals surface area contributed by atoms with Crippen molar-refractivity contribution in [1.82, 2.24) is 10.2 Å². The third kappa shape index (κ3) is 9.70. The molecule has 0 saturated heterocycles. The molecule has 0 radical (unpaired) electrons. The van der Waals surface area contributed by atoms with E-state index in [1.807, 2.05) is 70.2 Å². The molecule has 4 N–H and O–H groups in total. The first kappa shape index (κ1) is 32.3. The summed E-state index contributed by atoms with van der Waals surface area (Å²) in [4.78, 5) is 54.1. The molecular weight excluding hydrogens is 508 g/mol. The van der Waals surface area contributed by atoms with Gasteiger partial charge in [-0.15, -0.1) is 0 Å². The summed E-state index contributed by atoms with van der Waals surface area (Å²) in [5.41, 5.74) is 8.59. The number of benzene rings is 2. The zero-order chi connectivity index (χ0) is 30.0. The van der Waals surface area contributed by atoms with Crippen molar-refractivity contribution in [2.24, 2.45) is 5.73 Å². The summed E-state index contributed by atoms with van der Waals surface area (Å²) < 4.78 is 5.39. The summed E-state index contributed by atoms with van der Waals surface area (Å²) >= 11 is 0. The summed E-state index contributed by atoms with van der Waals surface area (Å²) in [5, 5.41) is 5.63. The number of alkyl carbamates (subject to hydrolysis) is 1. The molecule has 0 aliphatic rings. The van der Waals surface area contributed by atoms with Gasteiger partial charge in [0.2, 0.25) is 11.8 Å². The fourth-order valence-electron chi connectivity index (χ4n) is 4.31. The van der Waals surface area contributed by atoms with Crippen molar-refractivity contribution in [3.63, 3.8) is 0 Å². The normalized spacial score (nSPS) is 12.7. The average molecular weight is 553 g/mol. The molecular formula is C31H44N4O5. The number of unbranched alkanes of at least 4 members (excludes halogenated alkanes) is 1. The minimum atomic E-state index is -1.13. The number of nitrogens with one attached hydrogen (secondary N) is 2. The lowest BCUT2D eigenvalue weighted by molar-refractivity contribution is -0.141. The molecule has 9 heteroatoms. The number of rotatable bonds is 12. The van der Waals surface area contributed by atoms with Crippen LogP contribution in [0, 0.1) is 20.8 Å². The molecule has 0 spiro atoms. The Labute approximate surface area is 237 Å². The number of amides is 4. The van der Waals surface area contributed by atoms with Crippen molar-refractivity contribution in [3.05, 3.63) is 64.7 Å². The van der Waals surface area contributed by atoms with Crippen molar-refractivity contribution in [3.8, 4) is 0 Å². The van der Waals surface area contributed by atoms with Crippen LogP contribution in [0.1, 0.15) is 81.7 Å². The van der Waals surface area contributed by atoms with Gasteiger partial charge in [0.15, 0.2) is 0 Å². The van der Waals surface area contributed by atoms with Gasteiger partial charge >= 0.3 is 6.09 Å². The Morgan fingerprint density at radius 2 is 1.68 bits per heavy atom. The summed E-state index contributed by atoms with van der Waals surface area (Å²) in [7, 11) is 0. The van der Waals surface area contributed by atoms with Gasteiger partial charge in [-0.05, 0) is 77.1 Å². The van der Waals surface area contributed by atoms with Crippen LogP contribution in [0.5, 0.6) is 0 Å². The van der Waals surface area contributed by atoms with Crippen molar-refractivity contribution < 1.29 is 23.9 Å². The van der Waals surface area contributed by atoms with E-state index in [0.717, 1.165) is 23.1 Å². The molecule has 0 aliphatic heterocycles. The number of nitrogens with two attached hydrogens (primary N) is 1. The number of anilines is 1. The van der Waals surface area contributed by atoms with Gasteiger partial charge in [-0.1, -0.05) is 55.3 Å². The lowest BCUT2D eigenvalue weighted by Gasteiger charge is -2.35. The lowest BCUT2D eigenvalue weighted by Crippen LogP contribution is -2.53. The summed E-state index contributed by atoms with van der Waals surface area (Å²) in [6.45, 7) is 13.1. The van der Waals surface area contributed by atoms with Crippen LogP contribution in [0.4, 0.5) is 10.5 Å². The van der Waals surface area contributed by atoms with Crippen molar-refractivity contribution in [2.45, 2.75) is 91.8 Å². The van der Waals surface area contributed by atoms with Crippen LogP contribution < -0.4 is 16.4 Å². The molecule has 2 unspecified atom stereocenters. The van der Waals surface area contributed by atoms with Crippen molar-refractivity contribution in [1.29, 1.82) is 0 Å². The Hall–Kier alpha value is -3.88. The van der Waals surface area contributed by atoms with Gasteiger partial charge in [0.05, 0.1) is 0 Å². The Morgan fingerprint density at radius 3 is 2.27 bits per heavy atom. The van der Waals surface area contributed by atoms with Gasteiger partial charge in [0.1, 0.15) is 17.7 Å². The Balaban J connectivity index is 2.60. The smallest absolute Gasteiger partial charge is 0.408 e. The monoisotopic (exact) mass is 552 g/mol. The minimum absolute atomic E-state index is 0.0328. The topological polar surface area (TPSA) is 131 Å². The van der Waals surface area contributed by atoms with Gasteiger partial charge in [0.25, 0.3) is 5.91 Å². The molecule has 218 valence electrons. The number of carbonyl (C=O) groups is 4. The van der Waals surface area contributed by atoms with E-state index in [0.29, 0.717) is 17.7 Å². The number of hydrogen-bond donors (Lipinski definition) is 3. The molecule has 2 rings (SSSR count). The van der Waals surface area contributed by atoms with E-state index < -0.39 is 35.6 Å². The predicted molar refractivity (Wildman–Crippen MR) is 157 cm³/mol. The van der Waals surface area contributed by atoms with Crippen LogP contribution in [0.25, 0.3) is 0 Å². The number of hydrogen-bond acceptors (Lipinski definition) is 5. The molecule has 2 aromatic rings. The highest BCUT2D eigenvalue weighted by Crippen LogP contribution is 2.29. The van der Waals surface area contributed by atoms with E-state index in [4.69, 9.17) is 10.5 Å². The second kappa shape index (κ2) is 14.5. The molecule has 0 fully saturated rings. The fourth-order valence-corrected chi connectivity index (χ4v) is 4.31. The van der Waals surface area contributed by atoms with Crippen LogP contribution in [0.15, 0.2) is 42.5 Å². The molecule has 9 nitrogen and oxygen atoms in total. The van der Waals surface area contributed by atoms with Gasteiger partial charge in [-0.25, -0.2) is 4.79 Å². The molecule has 2 atom stereocenters.